The quantitative estimate of drug-likeness (QED) is 0.171. The summed E-state index contributed by atoms with van der Waals surface area (Å²) in [6.45, 7) is 6.11. The van der Waals surface area contributed by atoms with Crippen LogP contribution in [0.3, 0.4) is 0 Å². The Balaban J connectivity index is 1.66. The maximum atomic E-state index is 11.6. The second-order valence-electron chi connectivity index (χ2n) is 8.07. The van der Waals surface area contributed by atoms with Gasteiger partial charge < -0.3 is 4.74 Å². The molecule has 0 saturated heterocycles. The van der Waals surface area contributed by atoms with E-state index in [4.69, 9.17) is 4.74 Å². The Kier molecular flexibility index (Phi) is 7.27. The Labute approximate surface area is 203 Å². The number of hydrogen-bond donors (Lipinski definition) is 0. The number of hydrogen-bond acceptors (Lipinski definition) is 6. The number of aryl methyl sites for hydroxylation is 3. The van der Waals surface area contributed by atoms with Gasteiger partial charge >= 0.3 is 0 Å². The fourth-order valence-electron chi connectivity index (χ4n) is 3.66. The minimum Gasteiger partial charge on any atom is -0.489 e. The van der Waals surface area contributed by atoms with Crippen LogP contribution in [0.1, 0.15) is 33.3 Å². The van der Waals surface area contributed by atoms with Gasteiger partial charge in [0.2, 0.25) is 6.54 Å². The van der Waals surface area contributed by atoms with E-state index in [1.807, 2.05) is 72.2 Å². The number of nitrogens with zero attached hydrogens (tertiary/aromatic N) is 4. The topological polar surface area (TPSA) is 83.1 Å². The lowest BCUT2D eigenvalue weighted by Crippen LogP contribution is -2.12. The Hall–Kier alpha value is -3.65. The molecule has 8 heteroatoms. The van der Waals surface area contributed by atoms with E-state index in [1.54, 1.807) is 0 Å². The van der Waals surface area contributed by atoms with Crippen LogP contribution in [-0.2, 0) is 6.61 Å². The number of thioether (sulfide) groups is 1. The Morgan fingerprint density at radius 3 is 2.44 bits per heavy atom. The van der Waals surface area contributed by atoms with E-state index in [9.17, 15) is 10.1 Å². The van der Waals surface area contributed by atoms with Gasteiger partial charge in [0, 0.05) is 16.2 Å². The van der Waals surface area contributed by atoms with Crippen molar-refractivity contribution in [2.45, 2.75) is 37.8 Å². The summed E-state index contributed by atoms with van der Waals surface area (Å²) in [6, 6.07) is 23.5. The number of aromatic nitrogens is 3. The third-order valence-electron chi connectivity index (χ3n) is 5.61. The Morgan fingerprint density at radius 1 is 0.971 bits per heavy atom. The summed E-state index contributed by atoms with van der Waals surface area (Å²) in [6.07, 6.45) is 0. The zero-order chi connectivity index (χ0) is 24.1. The number of nitro groups is 1. The van der Waals surface area contributed by atoms with Gasteiger partial charge in [0.05, 0.1) is 0 Å². The molecule has 1 atom stereocenters. The van der Waals surface area contributed by atoms with Gasteiger partial charge in [-0.2, -0.15) is 0 Å². The Bertz CT molecular complexity index is 1290. The van der Waals surface area contributed by atoms with E-state index >= 15 is 0 Å². The van der Waals surface area contributed by atoms with Gasteiger partial charge in [-0.25, -0.2) is 0 Å². The molecular weight excluding hydrogens is 448 g/mol. The lowest BCUT2D eigenvalue weighted by Gasteiger charge is -2.18. The Morgan fingerprint density at radius 2 is 1.71 bits per heavy atom. The lowest BCUT2D eigenvalue weighted by molar-refractivity contribution is -0.479. The van der Waals surface area contributed by atoms with Crippen LogP contribution < -0.4 is 4.74 Å². The molecule has 0 unspecified atom stereocenters. The number of rotatable bonds is 9. The lowest BCUT2D eigenvalue weighted by atomic mass is 10.1. The van der Waals surface area contributed by atoms with E-state index in [0.29, 0.717) is 17.5 Å². The number of para-hydroxylation sites is 1. The predicted octanol–water partition coefficient (Wildman–Crippen LogP) is 5.88. The van der Waals surface area contributed by atoms with Crippen molar-refractivity contribution in [2.75, 3.05) is 6.54 Å². The second-order valence-corrected chi connectivity index (χ2v) is 9.24. The molecule has 4 aromatic rings. The van der Waals surface area contributed by atoms with Crippen LogP contribution >= 0.6 is 11.8 Å². The molecule has 0 radical (unpaired) electrons. The van der Waals surface area contributed by atoms with Crippen molar-refractivity contribution in [3.05, 3.63) is 111 Å². The van der Waals surface area contributed by atoms with Crippen molar-refractivity contribution in [1.29, 1.82) is 0 Å². The van der Waals surface area contributed by atoms with Crippen molar-refractivity contribution in [1.82, 2.24) is 14.8 Å². The fourth-order valence-corrected chi connectivity index (χ4v) is 4.86. The molecule has 1 heterocycles. The van der Waals surface area contributed by atoms with Crippen LogP contribution in [0, 0.1) is 30.9 Å². The van der Waals surface area contributed by atoms with Gasteiger partial charge in [-0.1, -0.05) is 66.4 Å². The molecule has 0 saturated carbocycles. The van der Waals surface area contributed by atoms with E-state index in [-0.39, 0.29) is 11.5 Å². The fraction of sp³-hybridized carbons (Fsp3) is 0.231. The van der Waals surface area contributed by atoms with E-state index in [1.165, 1.54) is 17.3 Å². The molecule has 0 fully saturated rings. The van der Waals surface area contributed by atoms with Crippen LogP contribution in [-0.4, -0.2) is 26.2 Å². The van der Waals surface area contributed by atoms with Gasteiger partial charge in [-0.15, -0.1) is 10.2 Å². The highest BCUT2D eigenvalue weighted by atomic mass is 32.2. The van der Waals surface area contributed by atoms with Crippen molar-refractivity contribution >= 4 is 11.8 Å². The first-order chi connectivity index (χ1) is 16.4. The molecule has 0 amide bonds. The normalized spacial score (nSPS) is 11.9. The largest absolute Gasteiger partial charge is 0.489 e. The zero-order valence-corrected chi connectivity index (χ0v) is 20.2. The molecule has 0 aliphatic carbocycles. The van der Waals surface area contributed by atoms with E-state index in [0.717, 1.165) is 28.2 Å². The summed E-state index contributed by atoms with van der Waals surface area (Å²) in [5.74, 6) is 1.35. The highest BCUT2D eigenvalue weighted by molar-refractivity contribution is 7.99. The van der Waals surface area contributed by atoms with Crippen LogP contribution in [0.15, 0.2) is 78.0 Å². The highest BCUT2D eigenvalue weighted by Gasteiger charge is 2.26. The molecule has 4 rings (SSSR count). The molecule has 0 spiro atoms. The van der Waals surface area contributed by atoms with Gasteiger partial charge in [0.15, 0.2) is 5.16 Å². The molecule has 0 N–H and O–H groups in total. The maximum Gasteiger partial charge on any atom is 0.220 e. The summed E-state index contributed by atoms with van der Waals surface area (Å²) >= 11 is 1.33. The van der Waals surface area contributed by atoms with Crippen LogP contribution in [0.5, 0.6) is 5.75 Å². The summed E-state index contributed by atoms with van der Waals surface area (Å²) in [7, 11) is 0. The standard InChI is InChI=1S/C26H26N4O3S/c1-18-13-14-22(15-19(18)2)30-20(3)27-28-26(30)34-25(16-29(31)32)23-11-7-8-12-24(23)33-17-21-9-5-4-6-10-21/h4-15,25H,16-17H2,1-3H3/t25-/m1/s1. The highest BCUT2D eigenvalue weighted by Crippen LogP contribution is 2.40. The summed E-state index contributed by atoms with van der Waals surface area (Å²) in [5.41, 5.74) is 5.07. The number of benzene rings is 3. The van der Waals surface area contributed by atoms with Crippen LogP contribution in [0.4, 0.5) is 0 Å². The smallest absolute Gasteiger partial charge is 0.220 e. The van der Waals surface area contributed by atoms with Gasteiger partial charge in [-0.3, -0.25) is 14.7 Å². The van der Waals surface area contributed by atoms with Crippen molar-refractivity contribution < 1.29 is 9.66 Å². The molecule has 34 heavy (non-hydrogen) atoms. The number of ether oxygens (including phenoxy) is 1. The minimum absolute atomic E-state index is 0.269. The first-order valence-corrected chi connectivity index (χ1v) is 11.8. The molecule has 0 aliphatic rings. The molecule has 174 valence electrons. The van der Waals surface area contributed by atoms with Crippen molar-refractivity contribution in [3.8, 4) is 11.4 Å². The van der Waals surface area contributed by atoms with Crippen molar-refractivity contribution in [2.24, 2.45) is 0 Å². The molecule has 1 aromatic heterocycles. The zero-order valence-electron chi connectivity index (χ0n) is 19.3. The summed E-state index contributed by atoms with van der Waals surface area (Å²) < 4.78 is 8.04. The molecule has 3 aromatic carbocycles. The molecule has 0 bridgehead atoms. The third-order valence-corrected chi connectivity index (χ3v) is 6.77. The summed E-state index contributed by atoms with van der Waals surface area (Å²) in [5, 5.41) is 20.3. The van der Waals surface area contributed by atoms with E-state index < -0.39 is 5.25 Å². The molecule has 0 aliphatic heterocycles. The SMILES string of the molecule is Cc1ccc(-n2c(C)nnc2S[C@H](C[N+](=O)[O-])c2ccccc2OCc2ccccc2)cc1C. The van der Waals surface area contributed by atoms with Crippen molar-refractivity contribution in [3.63, 3.8) is 0 Å². The molecule has 7 nitrogen and oxygen atoms in total. The van der Waals surface area contributed by atoms with E-state index in [2.05, 4.69) is 36.2 Å². The average molecular weight is 475 g/mol. The second kappa shape index (κ2) is 10.5. The monoisotopic (exact) mass is 474 g/mol. The maximum absolute atomic E-state index is 11.6. The molecular formula is C26H26N4O3S. The third kappa shape index (κ3) is 5.46. The minimum atomic E-state index is -0.504. The van der Waals surface area contributed by atoms with Crippen LogP contribution in [0.25, 0.3) is 5.69 Å². The van der Waals surface area contributed by atoms with Gasteiger partial charge in [0.1, 0.15) is 23.4 Å². The summed E-state index contributed by atoms with van der Waals surface area (Å²) in [4.78, 5) is 11.3. The predicted molar refractivity (Wildman–Crippen MR) is 133 cm³/mol. The van der Waals surface area contributed by atoms with Gasteiger partial charge in [-0.05, 0) is 55.7 Å². The van der Waals surface area contributed by atoms with Gasteiger partial charge in [0.25, 0.3) is 0 Å². The van der Waals surface area contributed by atoms with Crippen LogP contribution in [0.2, 0.25) is 0 Å². The average Bonchev–Trinajstić information content (AvgIpc) is 3.19. The first-order valence-electron chi connectivity index (χ1n) is 11.0. The first kappa shape index (κ1) is 23.5.